The number of methoxy groups -OCH3 is 1. The summed E-state index contributed by atoms with van der Waals surface area (Å²) < 4.78 is 11.0. The lowest BCUT2D eigenvalue weighted by Gasteiger charge is -2.16. The quantitative estimate of drug-likeness (QED) is 0.562. The SMILES string of the molecule is COc1ccc(Cl)cc1NC(=NCC1CCCO1)NC(=O)c1ccc(C)c(C)c1. The van der Waals surface area contributed by atoms with Gasteiger partial charge in [-0.15, -0.1) is 0 Å². The predicted octanol–water partition coefficient (Wildman–Crippen LogP) is 4.34. The number of aliphatic imine (C=N–C) groups is 1. The second-order valence-corrected chi connectivity index (χ2v) is 7.48. The van der Waals surface area contributed by atoms with Crippen LogP contribution in [-0.2, 0) is 4.74 Å². The average Bonchev–Trinajstić information content (AvgIpc) is 3.22. The summed E-state index contributed by atoms with van der Waals surface area (Å²) in [6.45, 7) is 5.20. The lowest BCUT2D eigenvalue weighted by atomic mass is 10.1. The molecule has 1 heterocycles. The van der Waals surface area contributed by atoms with E-state index >= 15 is 0 Å². The zero-order valence-corrected chi connectivity index (χ0v) is 17.7. The molecule has 1 unspecified atom stereocenters. The zero-order chi connectivity index (χ0) is 20.8. The predicted molar refractivity (Wildman–Crippen MR) is 116 cm³/mol. The van der Waals surface area contributed by atoms with Gasteiger partial charge < -0.3 is 14.8 Å². The number of nitrogens with one attached hydrogen (secondary N) is 2. The van der Waals surface area contributed by atoms with Crippen molar-refractivity contribution in [3.63, 3.8) is 0 Å². The molecular formula is C22H26ClN3O3. The minimum absolute atomic E-state index is 0.0616. The second kappa shape index (κ2) is 9.76. The normalized spacial score (nSPS) is 16.6. The first-order valence-electron chi connectivity index (χ1n) is 9.61. The molecule has 1 aliphatic heterocycles. The number of rotatable bonds is 5. The Bertz CT molecular complexity index is 908. The summed E-state index contributed by atoms with van der Waals surface area (Å²) in [5.41, 5.74) is 3.37. The van der Waals surface area contributed by atoms with E-state index in [0.717, 1.165) is 30.6 Å². The molecule has 1 fully saturated rings. The third kappa shape index (κ3) is 5.71. The molecule has 1 amide bonds. The maximum absolute atomic E-state index is 12.8. The van der Waals surface area contributed by atoms with Crippen molar-refractivity contribution in [2.45, 2.75) is 32.8 Å². The van der Waals surface area contributed by atoms with Gasteiger partial charge in [-0.25, -0.2) is 4.99 Å². The number of carbonyl (C=O) groups excluding carboxylic acids is 1. The number of aryl methyl sites for hydroxylation is 2. The van der Waals surface area contributed by atoms with Crippen molar-refractivity contribution in [3.05, 3.63) is 58.1 Å². The van der Waals surface area contributed by atoms with Gasteiger partial charge in [-0.1, -0.05) is 17.7 Å². The Hall–Kier alpha value is -2.57. The summed E-state index contributed by atoms with van der Waals surface area (Å²) in [5, 5.41) is 6.56. The molecule has 0 aromatic heterocycles. The summed E-state index contributed by atoms with van der Waals surface area (Å²) in [6.07, 6.45) is 2.05. The standard InChI is InChI=1S/C22H26ClN3O3/c1-14-6-7-16(11-15(14)2)21(27)26-22(24-13-18-5-4-10-29-18)25-19-12-17(23)8-9-20(19)28-3/h6-9,11-12,18H,4-5,10,13H2,1-3H3,(H2,24,25,26,27). The van der Waals surface area contributed by atoms with Gasteiger partial charge in [0.15, 0.2) is 0 Å². The molecule has 1 aliphatic rings. The van der Waals surface area contributed by atoms with Crippen molar-refractivity contribution in [1.82, 2.24) is 5.32 Å². The summed E-state index contributed by atoms with van der Waals surface area (Å²) >= 11 is 6.13. The Kier molecular flexibility index (Phi) is 7.12. The van der Waals surface area contributed by atoms with Crippen molar-refractivity contribution in [2.75, 3.05) is 25.6 Å². The summed E-state index contributed by atoms with van der Waals surface area (Å²) in [6, 6.07) is 10.8. The summed E-state index contributed by atoms with van der Waals surface area (Å²) in [7, 11) is 1.57. The maximum atomic E-state index is 12.8. The monoisotopic (exact) mass is 415 g/mol. The van der Waals surface area contributed by atoms with E-state index < -0.39 is 0 Å². The van der Waals surface area contributed by atoms with E-state index in [1.54, 1.807) is 31.4 Å². The molecule has 29 heavy (non-hydrogen) atoms. The number of benzene rings is 2. The number of guanidine groups is 1. The molecule has 1 saturated heterocycles. The van der Waals surface area contributed by atoms with Crippen LogP contribution >= 0.6 is 11.6 Å². The fourth-order valence-electron chi connectivity index (χ4n) is 3.06. The summed E-state index contributed by atoms with van der Waals surface area (Å²) in [4.78, 5) is 17.4. The molecule has 0 radical (unpaired) electrons. The van der Waals surface area contributed by atoms with E-state index in [1.165, 1.54) is 0 Å². The van der Waals surface area contributed by atoms with Crippen LogP contribution in [0.5, 0.6) is 5.75 Å². The van der Waals surface area contributed by atoms with Crippen LogP contribution in [0.2, 0.25) is 5.02 Å². The highest BCUT2D eigenvalue weighted by Gasteiger charge is 2.17. The van der Waals surface area contributed by atoms with E-state index in [-0.39, 0.29) is 12.0 Å². The highest BCUT2D eigenvalue weighted by Crippen LogP contribution is 2.27. The van der Waals surface area contributed by atoms with Crippen LogP contribution < -0.4 is 15.4 Å². The van der Waals surface area contributed by atoms with Crippen molar-refractivity contribution >= 4 is 29.2 Å². The van der Waals surface area contributed by atoms with Gasteiger partial charge in [0.1, 0.15) is 5.75 Å². The number of hydrogen-bond donors (Lipinski definition) is 2. The van der Waals surface area contributed by atoms with Crippen LogP contribution in [0.25, 0.3) is 0 Å². The number of halogens is 1. The van der Waals surface area contributed by atoms with Crippen LogP contribution in [0.15, 0.2) is 41.4 Å². The lowest BCUT2D eigenvalue weighted by Crippen LogP contribution is -2.37. The molecule has 3 rings (SSSR count). The minimum atomic E-state index is -0.243. The fraction of sp³-hybridized carbons (Fsp3) is 0.364. The zero-order valence-electron chi connectivity index (χ0n) is 16.9. The second-order valence-electron chi connectivity index (χ2n) is 7.05. The van der Waals surface area contributed by atoms with Gasteiger partial charge >= 0.3 is 0 Å². The highest BCUT2D eigenvalue weighted by atomic mass is 35.5. The lowest BCUT2D eigenvalue weighted by molar-refractivity contribution is 0.0975. The molecule has 0 saturated carbocycles. The third-order valence-electron chi connectivity index (χ3n) is 4.89. The first kappa shape index (κ1) is 21.1. The van der Waals surface area contributed by atoms with E-state index in [9.17, 15) is 4.79 Å². The van der Waals surface area contributed by atoms with Gasteiger partial charge in [0.25, 0.3) is 5.91 Å². The van der Waals surface area contributed by atoms with Crippen LogP contribution in [0.3, 0.4) is 0 Å². The van der Waals surface area contributed by atoms with Gasteiger partial charge in [-0.05, 0) is 68.1 Å². The number of carbonyl (C=O) groups is 1. The van der Waals surface area contributed by atoms with Crippen molar-refractivity contribution in [2.24, 2.45) is 4.99 Å². The molecule has 1 atom stereocenters. The van der Waals surface area contributed by atoms with E-state index in [2.05, 4.69) is 15.6 Å². The van der Waals surface area contributed by atoms with Crippen LogP contribution in [0, 0.1) is 13.8 Å². The maximum Gasteiger partial charge on any atom is 0.257 e. The molecule has 2 N–H and O–H groups in total. The summed E-state index contributed by atoms with van der Waals surface area (Å²) in [5.74, 6) is 0.677. The van der Waals surface area contributed by atoms with Crippen LogP contribution in [0.4, 0.5) is 5.69 Å². The largest absolute Gasteiger partial charge is 0.495 e. The molecule has 0 bridgehead atoms. The Morgan fingerprint density at radius 1 is 1.24 bits per heavy atom. The van der Waals surface area contributed by atoms with Gasteiger partial charge in [-0.3, -0.25) is 10.1 Å². The first-order chi connectivity index (χ1) is 14.0. The molecular weight excluding hydrogens is 390 g/mol. The Balaban J connectivity index is 1.82. The highest BCUT2D eigenvalue weighted by molar-refractivity contribution is 6.31. The van der Waals surface area contributed by atoms with Crippen LogP contribution in [-0.4, -0.2) is 38.2 Å². The molecule has 0 spiro atoms. The Morgan fingerprint density at radius 3 is 2.76 bits per heavy atom. The number of amides is 1. The fourth-order valence-corrected chi connectivity index (χ4v) is 3.23. The number of hydrogen-bond acceptors (Lipinski definition) is 4. The number of ether oxygens (including phenoxy) is 2. The number of nitrogens with zero attached hydrogens (tertiary/aromatic N) is 1. The molecule has 154 valence electrons. The van der Waals surface area contributed by atoms with Crippen molar-refractivity contribution in [3.8, 4) is 5.75 Å². The Labute approximate surface area is 176 Å². The first-order valence-corrected chi connectivity index (χ1v) is 9.99. The van der Waals surface area contributed by atoms with Crippen molar-refractivity contribution in [1.29, 1.82) is 0 Å². The van der Waals surface area contributed by atoms with Gasteiger partial charge in [0.05, 0.1) is 25.4 Å². The van der Waals surface area contributed by atoms with E-state index in [1.807, 2.05) is 26.0 Å². The molecule has 2 aromatic carbocycles. The third-order valence-corrected chi connectivity index (χ3v) is 5.13. The van der Waals surface area contributed by atoms with Gasteiger partial charge in [0.2, 0.25) is 5.96 Å². The minimum Gasteiger partial charge on any atom is -0.495 e. The molecule has 0 aliphatic carbocycles. The smallest absolute Gasteiger partial charge is 0.257 e. The molecule has 7 heteroatoms. The van der Waals surface area contributed by atoms with E-state index in [0.29, 0.717) is 34.5 Å². The van der Waals surface area contributed by atoms with E-state index in [4.69, 9.17) is 21.1 Å². The van der Waals surface area contributed by atoms with Crippen molar-refractivity contribution < 1.29 is 14.3 Å². The number of anilines is 1. The van der Waals surface area contributed by atoms with Gasteiger partial charge in [-0.2, -0.15) is 0 Å². The topological polar surface area (TPSA) is 71.9 Å². The molecule has 2 aromatic rings. The van der Waals surface area contributed by atoms with Gasteiger partial charge in [0, 0.05) is 17.2 Å². The molecule has 6 nitrogen and oxygen atoms in total. The van der Waals surface area contributed by atoms with Crippen LogP contribution in [0.1, 0.15) is 34.3 Å². The average molecular weight is 416 g/mol. The Morgan fingerprint density at radius 2 is 2.07 bits per heavy atom.